The molecule has 0 aliphatic carbocycles. The Morgan fingerprint density at radius 3 is 2.50 bits per heavy atom. The van der Waals surface area contributed by atoms with Crippen molar-refractivity contribution in [3.63, 3.8) is 0 Å². The molecule has 2 heteroatoms. The predicted octanol–water partition coefficient (Wildman–Crippen LogP) is 2.05. The molecule has 0 aromatic heterocycles. The molecular formula is C12H16O2. The molecular weight excluding hydrogens is 176 g/mol. The van der Waals surface area contributed by atoms with Gasteiger partial charge in [-0.05, 0) is 12.5 Å². The van der Waals surface area contributed by atoms with E-state index in [1.807, 2.05) is 30.3 Å². The van der Waals surface area contributed by atoms with Crippen molar-refractivity contribution in [2.75, 3.05) is 0 Å². The maximum atomic E-state index is 9.78. The average molecular weight is 192 g/mol. The van der Waals surface area contributed by atoms with E-state index in [2.05, 4.69) is 6.58 Å². The molecule has 2 N–H and O–H groups in total. The van der Waals surface area contributed by atoms with Crippen LogP contribution < -0.4 is 0 Å². The highest BCUT2D eigenvalue weighted by molar-refractivity contribution is 5.18. The number of rotatable bonds is 4. The summed E-state index contributed by atoms with van der Waals surface area (Å²) >= 11 is 0. The molecule has 0 bridgehead atoms. The lowest BCUT2D eigenvalue weighted by molar-refractivity contribution is 0.0399. The normalized spacial score (nSPS) is 17.1. The van der Waals surface area contributed by atoms with Crippen molar-refractivity contribution < 1.29 is 10.2 Å². The Balaban J connectivity index is 2.68. The molecule has 0 saturated carbocycles. The molecule has 1 rings (SSSR count). The van der Waals surface area contributed by atoms with Gasteiger partial charge in [0.15, 0.2) is 0 Å². The van der Waals surface area contributed by atoms with E-state index in [0.29, 0.717) is 0 Å². The molecule has 0 saturated heterocycles. The third-order valence-corrected chi connectivity index (χ3v) is 2.23. The number of aliphatic hydroxyl groups excluding tert-OH is 1. The Morgan fingerprint density at radius 1 is 1.43 bits per heavy atom. The van der Waals surface area contributed by atoms with Gasteiger partial charge in [-0.3, -0.25) is 0 Å². The lowest BCUT2D eigenvalue weighted by atomic mass is 9.95. The second kappa shape index (κ2) is 4.40. The highest BCUT2D eigenvalue weighted by atomic mass is 16.3. The van der Waals surface area contributed by atoms with Crippen LogP contribution in [0.4, 0.5) is 0 Å². The van der Waals surface area contributed by atoms with Crippen LogP contribution in [0, 0.1) is 0 Å². The van der Waals surface area contributed by atoms with E-state index in [4.69, 9.17) is 0 Å². The van der Waals surface area contributed by atoms with Gasteiger partial charge in [0.2, 0.25) is 0 Å². The van der Waals surface area contributed by atoms with Crippen LogP contribution in [0.5, 0.6) is 0 Å². The molecule has 0 unspecified atom stereocenters. The average Bonchev–Trinajstić information content (AvgIpc) is 2.19. The Kier molecular flexibility index (Phi) is 3.44. The number of hydrogen-bond acceptors (Lipinski definition) is 2. The first-order valence-electron chi connectivity index (χ1n) is 4.64. The van der Waals surface area contributed by atoms with E-state index < -0.39 is 11.7 Å². The van der Waals surface area contributed by atoms with Gasteiger partial charge < -0.3 is 10.2 Å². The van der Waals surface area contributed by atoms with Crippen LogP contribution in [0.2, 0.25) is 0 Å². The Labute approximate surface area is 84.5 Å². The summed E-state index contributed by atoms with van der Waals surface area (Å²) in [4.78, 5) is 0. The van der Waals surface area contributed by atoms with Gasteiger partial charge in [0, 0.05) is 6.42 Å². The monoisotopic (exact) mass is 192 g/mol. The van der Waals surface area contributed by atoms with E-state index in [1.165, 1.54) is 6.08 Å². The minimum absolute atomic E-state index is 0.264. The zero-order valence-corrected chi connectivity index (χ0v) is 8.35. The van der Waals surface area contributed by atoms with Crippen LogP contribution in [0.25, 0.3) is 0 Å². The Bertz CT molecular complexity index is 290. The molecule has 0 amide bonds. The van der Waals surface area contributed by atoms with E-state index in [9.17, 15) is 10.2 Å². The van der Waals surface area contributed by atoms with Crippen molar-refractivity contribution in [1.29, 1.82) is 0 Å². The quantitative estimate of drug-likeness (QED) is 0.717. The molecule has 2 atom stereocenters. The smallest absolute Gasteiger partial charge is 0.0825 e. The lowest BCUT2D eigenvalue weighted by Gasteiger charge is -2.22. The van der Waals surface area contributed by atoms with Crippen LogP contribution in [0.15, 0.2) is 43.0 Å². The van der Waals surface area contributed by atoms with E-state index in [-0.39, 0.29) is 6.42 Å². The van der Waals surface area contributed by atoms with E-state index >= 15 is 0 Å². The maximum Gasteiger partial charge on any atom is 0.0825 e. The number of benzene rings is 1. The van der Waals surface area contributed by atoms with Gasteiger partial charge >= 0.3 is 0 Å². The molecule has 0 aliphatic heterocycles. The summed E-state index contributed by atoms with van der Waals surface area (Å²) in [5.41, 5.74) is -0.204. The summed E-state index contributed by atoms with van der Waals surface area (Å²) in [7, 11) is 0. The highest BCUT2D eigenvalue weighted by Gasteiger charge is 2.21. The molecule has 0 radical (unpaired) electrons. The van der Waals surface area contributed by atoms with Crippen molar-refractivity contribution in [2.45, 2.75) is 25.0 Å². The van der Waals surface area contributed by atoms with Crippen molar-refractivity contribution in [1.82, 2.24) is 0 Å². The van der Waals surface area contributed by atoms with Gasteiger partial charge in [-0.25, -0.2) is 0 Å². The van der Waals surface area contributed by atoms with Gasteiger partial charge in [-0.15, -0.1) is 6.58 Å². The van der Waals surface area contributed by atoms with E-state index in [1.54, 1.807) is 6.92 Å². The standard InChI is InChI=1S/C12H16O2/c1-3-12(2,14)9-11(13)10-7-5-4-6-8-10/h3-8,11,13-14H,1,9H2,2H3/t11-,12-/m0/s1. The Morgan fingerprint density at radius 2 is 2.00 bits per heavy atom. The fourth-order valence-electron chi connectivity index (χ4n) is 1.27. The fraction of sp³-hybridized carbons (Fsp3) is 0.333. The number of aliphatic hydroxyl groups is 2. The molecule has 1 aromatic rings. The molecule has 0 aliphatic rings. The summed E-state index contributed by atoms with van der Waals surface area (Å²) in [6.45, 7) is 5.15. The first-order valence-corrected chi connectivity index (χ1v) is 4.64. The van der Waals surface area contributed by atoms with Gasteiger partial charge in [-0.1, -0.05) is 36.4 Å². The fourth-order valence-corrected chi connectivity index (χ4v) is 1.27. The van der Waals surface area contributed by atoms with Crippen LogP contribution >= 0.6 is 0 Å². The molecule has 76 valence electrons. The zero-order valence-electron chi connectivity index (χ0n) is 8.35. The van der Waals surface area contributed by atoms with Crippen LogP contribution in [0.3, 0.4) is 0 Å². The van der Waals surface area contributed by atoms with Crippen LogP contribution in [-0.2, 0) is 0 Å². The van der Waals surface area contributed by atoms with Crippen LogP contribution in [0.1, 0.15) is 25.0 Å². The second-order valence-corrected chi connectivity index (χ2v) is 3.69. The number of hydrogen-bond donors (Lipinski definition) is 2. The molecule has 0 spiro atoms. The van der Waals surface area contributed by atoms with Crippen molar-refractivity contribution in [2.24, 2.45) is 0 Å². The van der Waals surface area contributed by atoms with Gasteiger partial charge in [0.1, 0.15) is 0 Å². The molecule has 1 aromatic carbocycles. The van der Waals surface area contributed by atoms with Crippen molar-refractivity contribution in [3.05, 3.63) is 48.6 Å². The molecule has 0 fully saturated rings. The SMILES string of the molecule is C=C[C@](C)(O)C[C@H](O)c1ccccc1. The molecule has 14 heavy (non-hydrogen) atoms. The first-order chi connectivity index (χ1) is 6.55. The maximum absolute atomic E-state index is 9.78. The molecule has 0 heterocycles. The largest absolute Gasteiger partial charge is 0.388 e. The predicted molar refractivity (Wildman–Crippen MR) is 56.8 cm³/mol. The third kappa shape index (κ3) is 2.98. The zero-order chi connectivity index (χ0) is 10.6. The topological polar surface area (TPSA) is 40.5 Å². The van der Waals surface area contributed by atoms with Crippen molar-refractivity contribution in [3.8, 4) is 0 Å². The van der Waals surface area contributed by atoms with Crippen LogP contribution in [-0.4, -0.2) is 15.8 Å². The summed E-state index contributed by atoms with van der Waals surface area (Å²) in [5.74, 6) is 0. The summed E-state index contributed by atoms with van der Waals surface area (Å²) in [5, 5.41) is 19.5. The lowest BCUT2D eigenvalue weighted by Crippen LogP contribution is -2.23. The Hall–Kier alpha value is -1.12. The minimum atomic E-state index is -1.02. The summed E-state index contributed by atoms with van der Waals surface area (Å²) in [6, 6.07) is 9.29. The first kappa shape index (κ1) is 11.0. The van der Waals surface area contributed by atoms with Gasteiger partial charge in [-0.2, -0.15) is 0 Å². The van der Waals surface area contributed by atoms with E-state index in [0.717, 1.165) is 5.56 Å². The van der Waals surface area contributed by atoms with Gasteiger partial charge in [0.25, 0.3) is 0 Å². The minimum Gasteiger partial charge on any atom is -0.388 e. The van der Waals surface area contributed by atoms with Crippen molar-refractivity contribution >= 4 is 0 Å². The summed E-state index contributed by atoms with van der Waals surface area (Å²) in [6.07, 6.45) is 1.06. The third-order valence-electron chi connectivity index (χ3n) is 2.23. The summed E-state index contributed by atoms with van der Waals surface area (Å²) < 4.78 is 0. The highest BCUT2D eigenvalue weighted by Crippen LogP contribution is 2.23. The second-order valence-electron chi connectivity index (χ2n) is 3.69. The molecule has 2 nitrogen and oxygen atoms in total. The van der Waals surface area contributed by atoms with Gasteiger partial charge in [0.05, 0.1) is 11.7 Å².